The van der Waals surface area contributed by atoms with Gasteiger partial charge in [0.15, 0.2) is 23.0 Å². The maximum atomic E-state index is 10.8. The molecule has 20 heavy (non-hydrogen) atoms. The molecule has 2 aromatic rings. The lowest BCUT2D eigenvalue weighted by Gasteiger charge is -2.14. The minimum atomic E-state index is -1.17. The predicted molar refractivity (Wildman–Crippen MR) is 68.6 cm³/mol. The van der Waals surface area contributed by atoms with Gasteiger partial charge in [-0.2, -0.15) is 0 Å². The Bertz CT molecular complexity index is 634. The van der Waals surface area contributed by atoms with Crippen LogP contribution in [0.5, 0.6) is 17.2 Å². The molecule has 0 bridgehead atoms. The second kappa shape index (κ2) is 5.52. The van der Waals surface area contributed by atoms with Gasteiger partial charge in [0.05, 0.1) is 26.9 Å². The van der Waals surface area contributed by atoms with Crippen LogP contribution in [0.1, 0.15) is 10.5 Å². The molecule has 0 fully saturated rings. The Kier molecular flexibility index (Phi) is 3.79. The zero-order chi connectivity index (χ0) is 14.7. The summed E-state index contributed by atoms with van der Waals surface area (Å²) in [6, 6.07) is 4.65. The molecule has 0 atom stereocenters. The molecule has 0 aliphatic heterocycles. The summed E-state index contributed by atoms with van der Waals surface area (Å²) in [7, 11) is 4.45. The van der Waals surface area contributed by atoms with E-state index in [1.54, 1.807) is 12.1 Å². The third-order valence-corrected chi connectivity index (χ3v) is 2.70. The smallest absolute Gasteiger partial charge is 0.358 e. The standard InChI is InChI=1S/C13H13NO6/c1-17-9-5-4-7(11(18-2)12(9)19-3)10-6-8(13(15)16)14-20-10/h4-6H,1-3H3,(H,15,16). The first-order valence-electron chi connectivity index (χ1n) is 5.61. The number of rotatable bonds is 5. The highest BCUT2D eigenvalue weighted by atomic mass is 16.5. The van der Waals surface area contributed by atoms with E-state index in [2.05, 4.69) is 5.16 Å². The van der Waals surface area contributed by atoms with Gasteiger partial charge in [-0.25, -0.2) is 4.79 Å². The summed E-state index contributed by atoms with van der Waals surface area (Å²) >= 11 is 0. The summed E-state index contributed by atoms with van der Waals surface area (Å²) < 4.78 is 20.7. The van der Waals surface area contributed by atoms with Crippen molar-refractivity contribution in [1.82, 2.24) is 5.16 Å². The van der Waals surface area contributed by atoms with E-state index >= 15 is 0 Å². The second-order valence-electron chi connectivity index (χ2n) is 3.76. The molecule has 0 aliphatic rings. The van der Waals surface area contributed by atoms with Gasteiger partial charge in [-0.05, 0) is 12.1 Å². The van der Waals surface area contributed by atoms with Gasteiger partial charge >= 0.3 is 5.97 Å². The molecule has 2 rings (SSSR count). The quantitative estimate of drug-likeness (QED) is 0.895. The zero-order valence-electron chi connectivity index (χ0n) is 11.2. The first-order chi connectivity index (χ1) is 9.62. The number of hydrogen-bond donors (Lipinski definition) is 1. The van der Waals surface area contributed by atoms with Gasteiger partial charge < -0.3 is 23.8 Å². The van der Waals surface area contributed by atoms with Gasteiger partial charge in [0.2, 0.25) is 5.75 Å². The lowest BCUT2D eigenvalue weighted by atomic mass is 10.1. The van der Waals surface area contributed by atoms with Crippen molar-refractivity contribution in [3.8, 4) is 28.6 Å². The lowest BCUT2D eigenvalue weighted by Crippen LogP contribution is -1.96. The van der Waals surface area contributed by atoms with Crippen molar-refractivity contribution in [3.63, 3.8) is 0 Å². The van der Waals surface area contributed by atoms with Crippen LogP contribution in [-0.4, -0.2) is 37.6 Å². The van der Waals surface area contributed by atoms with Crippen LogP contribution in [0.15, 0.2) is 22.7 Å². The van der Waals surface area contributed by atoms with Crippen LogP contribution in [-0.2, 0) is 0 Å². The Morgan fingerprint density at radius 1 is 1.15 bits per heavy atom. The van der Waals surface area contributed by atoms with Gasteiger partial charge in [-0.15, -0.1) is 0 Å². The number of aromatic carboxylic acids is 1. The lowest BCUT2D eigenvalue weighted by molar-refractivity contribution is 0.0686. The summed E-state index contributed by atoms with van der Waals surface area (Å²) in [6.07, 6.45) is 0. The van der Waals surface area contributed by atoms with E-state index in [1.807, 2.05) is 0 Å². The van der Waals surface area contributed by atoms with Crippen LogP contribution in [0.2, 0.25) is 0 Å². The summed E-state index contributed by atoms with van der Waals surface area (Å²) in [5.74, 6) is 0.353. The zero-order valence-corrected chi connectivity index (χ0v) is 11.2. The van der Waals surface area contributed by atoms with Crippen molar-refractivity contribution in [2.75, 3.05) is 21.3 Å². The number of carbonyl (C=O) groups is 1. The Morgan fingerprint density at radius 2 is 1.85 bits per heavy atom. The van der Waals surface area contributed by atoms with Crippen LogP contribution in [0.4, 0.5) is 0 Å². The topological polar surface area (TPSA) is 91.0 Å². The van der Waals surface area contributed by atoms with Crippen molar-refractivity contribution in [2.45, 2.75) is 0 Å². The van der Waals surface area contributed by atoms with Crippen LogP contribution < -0.4 is 14.2 Å². The van der Waals surface area contributed by atoms with Crippen molar-refractivity contribution in [1.29, 1.82) is 0 Å². The van der Waals surface area contributed by atoms with E-state index in [4.69, 9.17) is 23.8 Å². The van der Waals surface area contributed by atoms with Crippen molar-refractivity contribution in [3.05, 3.63) is 23.9 Å². The van der Waals surface area contributed by atoms with E-state index in [9.17, 15) is 4.79 Å². The van der Waals surface area contributed by atoms with E-state index in [0.717, 1.165) is 0 Å². The maximum absolute atomic E-state index is 10.8. The first-order valence-corrected chi connectivity index (χ1v) is 5.61. The fourth-order valence-corrected chi connectivity index (χ4v) is 1.80. The maximum Gasteiger partial charge on any atom is 0.358 e. The minimum Gasteiger partial charge on any atom is -0.493 e. The summed E-state index contributed by atoms with van der Waals surface area (Å²) in [4.78, 5) is 10.8. The average Bonchev–Trinajstić information content (AvgIpc) is 2.95. The van der Waals surface area contributed by atoms with Crippen molar-refractivity contribution < 1.29 is 28.6 Å². The number of benzene rings is 1. The minimum absolute atomic E-state index is 0.183. The van der Waals surface area contributed by atoms with E-state index in [-0.39, 0.29) is 11.5 Å². The summed E-state index contributed by atoms with van der Waals surface area (Å²) in [5, 5.41) is 12.3. The molecule has 1 N–H and O–H groups in total. The molecule has 106 valence electrons. The van der Waals surface area contributed by atoms with Crippen LogP contribution in [0.3, 0.4) is 0 Å². The van der Waals surface area contributed by atoms with Gasteiger partial charge in [-0.1, -0.05) is 5.16 Å². The number of ether oxygens (including phenoxy) is 3. The summed E-state index contributed by atoms with van der Waals surface area (Å²) in [6.45, 7) is 0. The SMILES string of the molecule is COc1ccc(-c2cc(C(=O)O)no2)c(OC)c1OC. The number of carboxylic acid groups (broad SMARTS) is 1. The molecule has 7 heteroatoms. The van der Waals surface area contributed by atoms with E-state index in [0.29, 0.717) is 22.8 Å². The molecular weight excluding hydrogens is 266 g/mol. The molecule has 1 aromatic heterocycles. The molecule has 0 amide bonds. The highest BCUT2D eigenvalue weighted by Crippen LogP contribution is 2.44. The third kappa shape index (κ3) is 2.25. The molecule has 0 saturated carbocycles. The van der Waals surface area contributed by atoms with Gasteiger partial charge in [0, 0.05) is 6.07 Å². The first kappa shape index (κ1) is 13.7. The monoisotopic (exact) mass is 279 g/mol. The highest BCUT2D eigenvalue weighted by molar-refractivity contribution is 5.87. The molecule has 1 heterocycles. The highest BCUT2D eigenvalue weighted by Gasteiger charge is 2.21. The molecule has 1 aromatic carbocycles. The fraction of sp³-hybridized carbons (Fsp3) is 0.231. The largest absolute Gasteiger partial charge is 0.493 e. The molecule has 0 spiro atoms. The Morgan fingerprint density at radius 3 is 2.35 bits per heavy atom. The normalized spacial score (nSPS) is 10.2. The van der Waals surface area contributed by atoms with Gasteiger partial charge in [-0.3, -0.25) is 0 Å². The molecule has 0 unspecified atom stereocenters. The van der Waals surface area contributed by atoms with Gasteiger partial charge in [0.1, 0.15) is 0 Å². The number of aromatic nitrogens is 1. The Balaban J connectivity index is 2.58. The Hall–Kier alpha value is -2.70. The number of hydrogen-bond acceptors (Lipinski definition) is 6. The average molecular weight is 279 g/mol. The van der Waals surface area contributed by atoms with Crippen LogP contribution >= 0.6 is 0 Å². The summed E-state index contributed by atoms with van der Waals surface area (Å²) in [5.41, 5.74) is 0.335. The van der Waals surface area contributed by atoms with Crippen molar-refractivity contribution in [2.24, 2.45) is 0 Å². The molecule has 0 saturated heterocycles. The number of methoxy groups -OCH3 is 3. The number of nitrogens with zero attached hydrogens (tertiary/aromatic N) is 1. The third-order valence-electron chi connectivity index (χ3n) is 2.70. The van der Waals surface area contributed by atoms with E-state index in [1.165, 1.54) is 27.4 Å². The molecule has 0 radical (unpaired) electrons. The molecule has 7 nitrogen and oxygen atoms in total. The van der Waals surface area contributed by atoms with Crippen LogP contribution in [0.25, 0.3) is 11.3 Å². The molecular formula is C13H13NO6. The second-order valence-corrected chi connectivity index (χ2v) is 3.76. The Labute approximate surface area is 114 Å². The number of carboxylic acids is 1. The fourth-order valence-electron chi connectivity index (χ4n) is 1.80. The van der Waals surface area contributed by atoms with E-state index < -0.39 is 5.97 Å². The van der Waals surface area contributed by atoms with Crippen molar-refractivity contribution >= 4 is 5.97 Å². The predicted octanol–water partition coefficient (Wildman–Crippen LogP) is 2.07. The molecule has 0 aliphatic carbocycles. The van der Waals surface area contributed by atoms with Gasteiger partial charge in [0.25, 0.3) is 0 Å². The van der Waals surface area contributed by atoms with Crippen LogP contribution in [0, 0.1) is 0 Å².